The van der Waals surface area contributed by atoms with Crippen molar-refractivity contribution in [2.45, 2.75) is 96.1 Å². The summed E-state index contributed by atoms with van der Waals surface area (Å²) in [7, 11) is 2.38. The molecule has 0 spiro atoms. The Bertz CT molecular complexity index is 376. The maximum Gasteiger partial charge on any atom is 0.139 e. The lowest BCUT2D eigenvalue weighted by molar-refractivity contribution is -0.128. The average molecular weight is 306 g/mol. The zero-order valence-electron chi connectivity index (χ0n) is 14.7. The molecule has 1 saturated heterocycles. The Hall–Kier alpha value is -0.370. The van der Waals surface area contributed by atoms with Gasteiger partial charge in [-0.25, -0.2) is 0 Å². The number of carbonyl (C=O) groups excluding carboxylic acids is 1. The van der Waals surface area contributed by atoms with Gasteiger partial charge in [-0.3, -0.25) is 4.79 Å². The van der Waals surface area contributed by atoms with E-state index in [-0.39, 0.29) is 0 Å². The van der Waals surface area contributed by atoms with Crippen molar-refractivity contribution in [1.29, 1.82) is 0 Å². The van der Waals surface area contributed by atoms with Crippen LogP contribution in [-0.4, -0.2) is 29.8 Å². The van der Waals surface area contributed by atoms with Gasteiger partial charge in [-0.15, -0.1) is 0 Å². The molecule has 2 heteroatoms. The van der Waals surface area contributed by atoms with Crippen molar-refractivity contribution in [3.05, 3.63) is 0 Å². The van der Waals surface area contributed by atoms with Crippen LogP contribution in [0.2, 0.25) is 0 Å². The summed E-state index contributed by atoms with van der Waals surface area (Å²) in [5.74, 6) is 2.19. The third-order valence-electron chi connectivity index (χ3n) is 6.93. The van der Waals surface area contributed by atoms with E-state index < -0.39 is 0 Å². The second kappa shape index (κ2) is 7.47. The third kappa shape index (κ3) is 3.75. The molecule has 5 atom stereocenters. The van der Waals surface area contributed by atoms with E-state index in [1.54, 1.807) is 0 Å². The van der Waals surface area contributed by atoms with E-state index in [9.17, 15) is 4.79 Å². The van der Waals surface area contributed by atoms with E-state index in [0.29, 0.717) is 23.7 Å². The second-order valence-corrected chi connectivity index (χ2v) is 8.48. The van der Waals surface area contributed by atoms with Gasteiger partial charge in [0.2, 0.25) is 0 Å². The van der Waals surface area contributed by atoms with Gasteiger partial charge in [-0.2, -0.15) is 0 Å². The molecule has 2 aliphatic carbocycles. The van der Waals surface area contributed by atoms with Gasteiger partial charge in [0.15, 0.2) is 0 Å². The maximum absolute atomic E-state index is 13.1. The summed E-state index contributed by atoms with van der Waals surface area (Å²) in [6.45, 7) is 2.41. The topological polar surface area (TPSA) is 20.3 Å². The van der Waals surface area contributed by atoms with Crippen molar-refractivity contribution >= 4 is 5.78 Å². The Morgan fingerprint density at radius 2 is 1.41 bits per heavy atom. The first-order valence-corrected chi connectivity index (χ1v) is 9.90. The summed E-state index contributed by atoms with van der Waals surface area (Å²) >= 11 is 0. The highest BCUT2D eigenvalue weighted by Crippen LogP contribution is 2.36. The zero-order chi connectivity index (χ0) is 15.5. The Kier molecular flexibility index (Phi) is 5.60. The minimum atomic E-state index is 0.376. The van der Waals surface area contributed by atoms with Crippen LogP contribution in [0, 0.1) is 17.8 Å². The molecular weight excluding hydrogens is 270 g/mol. The lowest BCUT2D eigenvalue weighted by atomic mass is 9.76. The number of ketones is 1. The Balaban J connectivity index is 1.87. The fraction of sp³-hybridized carbons (Fsp3) is 0.950. The van der Waals surface area contributed by atoms with Crippen molar-refractivity contribution in [1.82, 2.24) is 4.90 Å². The average Bonchev–Trinajstić information content (AvgIpc) is 2.61. The van der Waals surface area contributed by atoms with Crippen LogP contribution < -0.4 is 0 Å². The highest BCUT2D eigenvalue weighted by atomic mass is 16.1. The van der Waals surface area contributed by atoms with E-state index in [4.69, 9.17) is 0 Å². The van der Waals surface area contributed by atoms with E-state index in [2.05, 4.69) is 18.9 Å². The summed E-state index contributed by atoms with van der Waals surface area (Å²) in [5.41, 5.74) is 0. The second-order valence-electron chi connectivity index (χ2n) is 8.48. The maximum atomic E-state index is 13.1. The molecule has 3 fully saturated rings. The van der Waals surface area contributed by atoms with Crippen LogP contribution >= 0.6 is 0 Å². The molecule has 3 rings (SSSR count). The van der Waals surface area contributed by atoms with Crippen LogP contribution in [0.5, 0.6) is 0 Å². The first kappa shape index (κ1) is 16.5. The fourth-order valence-corrected chi connectivity index (χ4v) is 5.33. The molecule has 0 aromatic heterocycles. The highest BCUT2D eigenvalue weighted by Gasteiger charge is 2.34. The van der Waals surface area contributed by atoms with E-state index in [1.165, 1.54) is 57.8 Å². The highest BCUT2D eigenvalue weighted by molar-refractivity contribution is 5.83. The summed E-state index contributed by atoms with van der Waals surface area (Å²) in [5, 5.41) is 0. The van der Waals surface area contributed by atoms with E-state index in [0.717, 1.165) is 31.2 Å². The van der Waals surface area contributed by atoms with Crippen LogP contribution in [0.3, 0.4) is 0 Å². The van der Waals surface area contributed by atoms with Crippen LogP contribution in [0.25, 0.3) is 0 Å². The summed E-state index contributed by atoms with van der Waals surface area (Å²) in [6, 6.07) is 1.44. The molecule has 0 radical (unpaired) electrons. The Morgan fingerprint density at radius 1 is 0.773 bits per heavy atom. The standard InChI is InChI=1S/C20H35NO/c1-15-8-9-17-11-13-19(14-15)21(2)18-7-5-3-4-6-16(10-12-18)20(17)22/h15-19H,3-14H2,1-2H3. The predicted octanol–water partition coefficient (Wildman–Crippen LogP) is 4.82. The molecule has 4 bridgehead atoms. The molecule has 126 valence electrons. The molecule has 2 saturated carbocycles. The number of Topliss-reactive ketones (excluding diaryl/α,β-unsaturated/α-hetero) is 1. The first-order valence-electron chi connectivity index (χ1n) is 9.90. The number of hydrogen-bond acceptors (Lipinski definition) is 2. The molecule has 0 aromatic carbocycles. The van der Waals surface area contributed by atoms with Crippen molar-refractivity contribution < 1.29 is 4.79 Å². The molecule has 1 aliphatic heterocycles. The number of rotatable bonds is 0. The van der Waals surface area contributed by atoms with E-state index >= 15 is 0 Å². The minimum absolute atomic E-state index is 0.376. The van der Waals surface area contributed by atoms with Crippen molar-refractivity contribution in [3.8, 4) is 0 Å². The molecule has 0 N–H and O–H groups in total. The van der Waals surface area contributed by atoms with Gasteiger partial charge in [-0.05, 0) is 70.8 Å². The van der Waals surface area contributed by atoms with Crippen molar-refractivity contribution in [2.75, 3.05) is 7.05 Å². The van der Waals surface area contributed by atoms with Gasteiger partial charge in [-0.1, -0.05) is 26.2 Å². The van der Waals surface area contributed by atoms with Crippen molar-refractivity contribution in [3.63, 3.8) is 0 Å². The van der Waals surface area contributed by atoms with Crippen LogP contribution in [0.4, 0.5) is 0 Å². The molecule has 5 unspecified atom stereocenters. The Morgan fingerprint density at radius 3 is 2.23 bits per heavy atom. The monoisotopic (exact) mass is 305 g/mol. The van der Waals surface area contributed by atoms with Crippen LogP contribution in [-0.2, 0) is 4.79 Å². The normalized spacial score (nSPS) is 42.1. The van der Waals surface area contributed by atoms with Gasteiger partial charge >= 0.3 is 0 Å². The lowest BCUT2D eigenvalue weighted by Gasteiger charge is -2.40. The SMILES string of the molecule is CC1CCC2CCC(C1)N(C)C1CCCCCC(CC1)C2=O. The van der Waals surface area contributed by atoms with Gasteiger partial charge in [0.25, 0.3) is 0 Å². The number of nitrogens with zero attached hydrogens (tertiary/aromatic N) is 1. The smallest absolute Gasteiger partial charge is 0.139 e. The first-order chi connectivity index (χ1) is 10.6. The van der Waals surface area contributed by atoms with E-state index in [1.807, 2.05) is 0 Å². The summed E-state index contributed by atoms with van der Waals surface area (Å²) in [4.78, 5) is 15.8. The molecule has 22 heavy (non-hydrogen) atoms. The Labute approximate surface area is 137 Å². The van der Waals surface area contributed by atoms with Crippen LogP contribution in [0.15, 0.2) is 0 Å². The van der Waals surface area contributed by atoms with Gasteiger partial charge < -0.3 is 4.90 Å². The largest absolute Gasteiger partial charge is 0.300 e. The third-order valence-corrected chi connectivity index (χ3v) is 6.93. The predicted molar refractivity (Wildman–Crippen MR) is 91.9 cm³/mol. The van der Waals surface area contributed by atoms with Crippen LogP contribution in [0.1, 0.15) is 84.0 Å². The lowest BCUT2D eigenvalue weighted by Crippen LogP contribution is -2.43. The summed E-state index contributed by atoms with van der Waals surface area (Å²) < 4.78 is 0. The molecule has 2 nitrogen and oxygen atoms in total. The molecule has 1 heterocycles. The quantitative estimate of drug-likeness (QED) is 0.640. The number of hydrogen-bond donors (Lipinski definition) is 0. The summed E-state index contributed by atoms with van der Waals surface area (Å²) in [6.07, 6.45) is 15.1. The minimum Gasteiger partial charge on any atom is -0.300 e. The molecule has 0 aromatic rings. The zero-order valence-corrected chi connectivity index (χ0v) is 14.7. The molecule has 0 amide bonds. The molecular formula is C20H35NO. The number of fused-ring (bicyclic) bond motifs is 6. The van der Waals surface area contributed by atoms with Gasteiger partial charge in [0, 0.05) is 23.9 Å². The molecule has 3 aliphatic rings. The fourth-order valence-electron chi connectivity index (χ4n) is 5.33. The van der Waals surface area contributed by atoms with Gasteiger partial charge in [0.05, 0.1) is 0 Å². The van der Waals surface area contributed by atoms with Crippen molar-refractivity contribution in [2.24, 2.45) is 17.8 Å². The number of carbonyl (C=O) groups is 1. The van der Waals surface area contributed by atoms with Gasteiger partial charge in [0.1, 0.15) is 5.78 Å².